The number of para-hydroxylation sites is 1. The lowest BCUT2D eigenvalue weighted by Gasteiger charge is -2.01. The van der Waals surface area contributed by atoms with Gasteiger partial charge in [-0.3, -0.25) is 4.79 Å². The zero-order chi connectivity index (χ0) is 12.5. The van der Waals surface area contributed by atoms with E-state index in [9.17, 15) is 4.79 Å². The quantitative estimate of drug-likeness (QED) is 0.641. The fourth-order valence-electron chi connectivity index (χ4n) is 1.76. The topological polar surface area (TPSA) is 60.7 Å². The number of carbonyl (C=O) groups is 1. The number of benzene rings is 1. The number of carbonyl (C=O) groups excluding carboxylic acids is 1. The Bertz CT molecular complexity index is 715. The molecule has 0 saturated heterocycles. The summed E-state index contributed by atoms with van der Waals surface area (Å²) in [4.78, 5) is 15.4. The summed E-state index contributed by atoms with van der Waals surface area (Å²) in [7, 11) is 0. The van der Waals surface area contributed by atoms with E-state index in [4.69, 9.17) is 0 Å². The van der Waals surface area contributed by atoms with Crippen molar-refractivity contribution < 1.29 is 4.79 Å². The lowest BCUT2D eigenvalue weighted by molar-refractivity contribution is 0.101. The molecular weight excluding hydrogens is 228 g/mol. The van der Waals surface area contributed by atoms with Crippen LogP contribution in [0, 0.1) is 0 Å². The first-order chi connectivity index (χ1) is 8.75. The lowest BCUT2D eigenvalue weighted by Crippen LogP contribution is -2.01. The minimum atomic E-state index is -0.00232. The fourth-order valence-corrected chi connectivity index (χ4v) is 1.76. The van der Waals surface area contributed by atoms with Crippen molar-refractivity contribution in [2.45, 2.75) is 6.92 Å². The molecule has 0 aliphatic heterocycles. The average Bonchev–Trinajstić information content (AvgIpc) is 2.82. The van der Waals surface area contributed by atoms with Crippen LogP contribution in [0.4, 0.5) is 0 Å². The SMILES string of the molecule is CC(=O)c1ccc(-n2nnc3ccccc32)nc1. The van der Waals surface area contributed by atoms with Crippen LogP contribution < -0.4 is 0 Å². The number of ketones is 1. The largest absolute Gasteiger partial charge is 0.294 e. The Balaban J connectivity index is 2.12. The van der Waals surface area contributed by atoms with Crippen molar-refractivity contribution in [1.82, 2.24) is 20.0 Å². The van der Waals surface area contributed by atoms with Crippen molar-refractivity contribution in [2.24, 2.45) is 0 Å². The predicted octanol–water partition coefficient (Wildman–Crippen LogP) is 2.02. The molecule has 0 bridgehead atoms. The molecule has 2 heterocycles. The molecule has 0 saturated carbocycles. The van der Waals surface area contributed by atoms with E-state index in [-0.39, 0.29) is 5.78 Å². The van der Waals surface area contributed by atoms with Crippen molar-refractivity contribution in [2.75, 3.05) is 0 Å². The summed E-state index contributed by atoms with van der Waals surface area (Å²) in [6, 6.07) is 11.2. The first-order valence-corrected chi connectivity index (χ1v) is 5.53. The van der Waals surface area contributed by atoms with E-state index < -0.39 is 0 Å². The van der Waals surface area contributed by atoms with Gasteiger partial charge in [0.25, 0.3) is 0 Å². The molecule has 3 aromatic rings. The van der Waals surface area contributed by atoms with Crippen molar-refractivity contribution in [3.05, 3.63) is 48.2 Å². The van der Waals surface area contributed by atoms with Crippen LogP contribution in [-0.4, -0.2) is 25.8 Å². The van der Waals surface area contributed by atoms with E-state index in [2.05, 4.69) is 15.3 Å². The molecule has 88 valence electrons. The Morgan fingerprint density at radius 3 is 2.72 bits per heavy atom. The standard InChI is InChI=1S/C13H10N4O/c1-9(18)10-6-7-13(14-8-10)17-12-5-3-2-4-11(12)15-16-17/h2-8H,1H3. The van der Waals surface area contributed by atoms with Gasteiger partial charge in [0.2, 0.25) is 0 Å². The van der Waals surface area contributed by atoms with E-state index in [1.54, 1.807) is 23.0 Å². The van der Waals surface area contributed by atoms with Crippen LogP contribution in [0.5, 0.6) is 0 Å². The zero-order valence-electron chi connectivity index (χ0n) is 9.74. The van der Waals surface area contributed by atoms with Crippen LogP contribution in [0.3, 0.4) is 0 Å². The molecule has 0 atom stereocenters. The number of pyridine rings is 1. The third kappa shape index (κ3) is 1.66. The minimum Gasteiger partial charge on any atom is -0.294 e. The summed E-state index contributed by atoms with van der Waals surface area (Å²) < 4.78 is 1.65. The highest BCUT2D eigenvalue weighted by Crippen LogP contribution is 2.14. The molecular formula is C13H10N4O. The number of hydrogen-bond acceptors (Lipinski definition) is 4. The molecule has 0 fully saturated rings. The highest BCUT2D eigenvalue weighted by Gasteiger charge is 2.07. The fraction of sp³-hybridized carbons (Fsp3) is 0.0769. The molecule has 1 aromatic carbocycles. The van der Waals surface area contributed by atoms with Gasteiger partial charge in [-0.15, -0.1) is 5.10 Å². The van der Waals surface area contributed by atoms with Crippen LogP contribution >= 0.6 is 0 Å². The molecule has 0 N–H and O–H groups in total. The Hall–Kier alpha value is -2.56. The molecule has 0 spiro atoms. The van der Waals surface area contributed by atoms with Crippen molar-refractivity contribution in [1.29, 1.82) is 0 Å². The van der Waals surface area contributed by atoms with Crippen LogP contribution in [0.1, 0.15) is 17.3 Å². The molecule has 5 heteroatoms. The van der Waals surface area contributed by atoms with Crippen LogP contribution in [0.2, 0.25) is 0 Å². The summed E-state index contributed by atoms with van der Waals surface area (Å²) in [5.41, 5.74) is 2.29. The van der Waals surface area contributed by atoms with Gasteiger partial charge in [0.15, 0.2) is 11.6 Å². The monoisotopic (exact) mass is 238 g/mol. The maximum absolute atomic E-state index is 11.2. The van der Waals surface area contributed by atoms with Gasteiger partial charge < -0.3 is 0 Å². The Morgan fingerprint density at radius 2 is 2.00 bits per heavy atom. The smallest absolute Gasteiger partial charge is 0.161 e. The van der Waals surface area contributed by atoms with Crippen LogP contribution in [-0.2, 0) is 0 Å². The number of hydrogen-bond donors (Lipinski definition) is 0. The maximum atomic E-state index is 11.2. The van der Waals surface area contributed by atoms with Gasteiger partial charge in [-0.05, 0) is 31.2 Å². The number of Topliss-reactive ketones (excluding diaryl/α,β-unsaturated/α-hetero) is 1. The number of nitrogens with zero attached hydrogens (tertiary/aromatic N) is 4. The number of rotatable bonds is 2. The van der Waals surface area contributed by atoms with E-state index >= 15 is 0 Å². The highest BCUT2D eigenvalue weighted by atomic mass is 16.1. The number of fused-ring (bicyclic) bond motifs is 1. The summed E-state index contributed by atoms with van der Waals surface area (Å²) >= 11 is 0. The molecule has 3 rings (SSSR count). The van der Waals surface area contributed by atoms with Gasteiger partial charge in [0.1, 0.15) is 5.52 Å². The summed E-state index contributed by atoms with van der Waals surface area (Å²) in [5.74, 6) is 0.645. The van der Waals surface area contributed by atoms with Gasteiger partial charge in [-0.25, -0.2) is 4.98 Å². The molecule has 0 amide bonds. The second-order valence-corrected chi connectivity index (χ2v) is 3.95. The van der Waals surface area contributed by atoms with Crippen LogP contribution in [0.15, 0.2) is 42.6 Å². The van der Waals surface area contributed by atoms with E-state index in [0.29, 0.717) is 11.4 Å². The maximum Gasteiger partial charge on any atom is 0.161 e. The van der Waals surface area contributed by atoms with Crippen molar-refractivity contribution >= 4 is 16.8 Å². The highest BCUT2D eigenvalue weighted by molar-refractivity contribution is 5.93. The van der Waals surface area contributed by atoms with Crippen molar-refractivity contribution in [3.8, 4) is 5.82 Å². The van der Waals surface area contributed by atoms with Crippen molar-refractivity contribution in [3.63, 3.8) is 0 Å². The molecule has 2 aromatic heterocycles. The molecule has 18 heavy (non-hydrogen) atoms. The molecule has 0 aliphatic rings. The predicted molar refractivity (Wildman–Crippen MR) is 66.7 cm³/mol. The first kappa shape index (κ1) is 10.6. The lowest BCUT2D eigenvalue weighted by atomic mass is 10.2. The molecule has 0 radical (unpaired) electrons. The second-order valence-electron chi connectivity index (χ2n) is 3.95. The normalized spacial score (nSPS) is 10.7. The van der Waals surface area contributed by atoms with Crippen LogP contribution in [0.25, 0.3) is 16.9 Å². The second kappa shape index (κ2) is 4.03. The first-order valence-electron chi connectivity index (χ1n) is 5.53. The molecule has 0 aliphatic carbocycles. The third-order valence-electron chi connectivity index (χ3n) is 2.72. The van der Waals surface area contributed by atoms with Gasteiger partial charge >= 0.3 is 0 Å². The summed E-state index contributed by atoms with van der Waals surface area (Å²) in [5, 5.41) is 8.12. The van der Waals surface area contributed by atoms with E-state index in [0.717, 1.165) is 11.0 Å². The van der Waals surface area contributed by atoms with Gasteiger partial charge in [-0.1, -0.05) is 17.3 Å². The summed E-state index contributed by atoms with van der Waals surface area (Å²) in [6.45, 7) is 1.52. The molecule has 5 nitrogen and oxygen atoms in total. The van der Waals surface area contributed by atoms with E-state index in [1.807, 2.05) is 24.3 Å². The summed E-state index contributed by atoms with van der Waals surface area (Å²) in [6.07, 6.45) is 1.55. The Morgan fingerprint density at radius 1 is 1.17 bits per heavy atom. The van der Waals surface area contributed by atoms with Gasteiger partial charge in [-0.2, -0.15) is 4.68 Å². The zero-order valence-corrected chi connectivity index (χ0v) is 9.74. The average molecular weight is 238 g/mol. The third-order valence-corrected chi connectivity index (χ3v) is 2.72. The number of aromatic nitrogens is 4. The molecule has 0 unspecified atom stereocenters. The van der Waals surface area contributed by atoms with Gasteiger partial charge in [0.05, 0.1) is 5.52 Å². The van der Waals surface area contributed by atoms with Gasteiger partial charge in [0, 0.05) is 11.8 Å². The van der Waals surface area contributed by atoms with E-state index in [1.165, 1.54) is 6.92 Å². The minimum absolute atomic E-state index is 0.00232. The Labute approximate surface area is 103 Å². The Kier molecular flexibility index (Phi) is 2.37.